The van der Waals surface area contributed by atoms with E-state index in [1.807, 2.05) is 57.7 Å². The van der Waals surface area contributed by atoms with Crippen molar-refractivity contribution in [1.29, 1.82) is 0 Å². The van der Waals surface area contributed by atoms with Crippen molar-refractivity contribution in [3.05, 3.63) is 102 Å². The Bertz CT molecular complexity index is 2470. The number of nitrogens with zero attached hydrogens (tertiary/aromatic N) is 2. The number of anilines is 1. The molecular weight excluding hydrogens is 598 g/mol. The summed E-state index contributed by atoms with van der Waals surface area (Å²) in [7, 11) is 0. The van der Waals surface area contributed by atoms with Crippen molar-refractivity contribution in [2.24, 2.45) is 0 Å². The number of para-hydroxylation sites is 3. The molecule has 4 aromatic carbocycles. The van der Waals surface area contributed by atoms with Crippen LogP contribution in [-0.4, -0.2) is 43.5 Å². The van der Waals surface area contributed by atoms with Crippen LogP contribution in [0.3, 0.4) is 0 Å². The Labute approximate surface area is 266 Å². The lowest BCUT2D eigenvalue weighted by Crippen LogP contribution is -2.59. The number of carbonyl (C=O) groups is 4. The second-order valence-corrected chi connectivity index (χ2v) is 12.4. The van der Waals surface area contributed by atoms with Crippen molar-refractivity contribution >= 4 is 72.9 Å². The number of fused-ring (bicyclic) bond motifs is 13. The van der Waals surface area contributed by atoms with Gasteiger partial charge in [0.2, 0.25) is 5.91 Å². The largest absolute Gasteiger partial charge is 0.376 e. The fourth-order valence-electron chi connectivity index (χ4n) is 7.97. The summed E-state index contributed by atoms with van der Waals surface area (Å²) in [6, 6.07) is 22.0. The fourth-order valence-corrected chi connectivity index (χ4v) is 7.97. The molecule has 2 bridgehead atoms. The second kappa shape index (κ2) is 9.15. The van der Waals surface area contributed by atoms with Gasteiger partial charge in [-0.15, -0.1) is 0 Å². The molecule has 5 heterocycles. The molecule has 6 aromatic rings. The van der Waals surface area contributed by atoms with Crippen LogP contribution in [0.1, 0.15) is 45.9 Å². The monoisotopic (exact) mass is 625 g/mol. The number of hydrogen-bond donors (Lipinski definition) is 4. The van der Waals surface area contributed by atoms with Crippen molar-refractivity contribution in [3.63, 3.8) is 0 Å². The van der Waals surface area contributed by atoms with Gasteiger partial charge in [0, 0.05) is 40.2 Å². The van der Waals surface area contributed by atoms with Gasteiger partial charge < -0.3 is 29.6 Å². The number of ether oxygens (including phenoxy) is 1. The van der Waals surface area contributed by atoms with E-state index in [0.717, 1.165) is 17.0 Å². The zero-order valence-corrected chi connectivity index (χ0v) is 25.1. The summed E-state index contributed by atoms with van der Waals surface area (Å²) in [5, 5.41) is 23.5. The first-order chi connectivity index (χ1) is 22.7. The predicted molar refractivity (Wildman–Crippen MR) is 175 cm³/mol. The Morgan fingerprint density at radius 2 is 1.57 bits per heavy atom. The van der Waals surface area contributed by atoms with Crippen molar-refractivity contribution in [2.75, 3.05) is 5.32 Å². The summed E-state index contributed by atoms with van der Waals surface area (Å²) in [5.41, 5.74) is 0.631. The number of imide groups is 1. The number of amides is 4. The minimum absolute atomic E-state index is 0.0143. The van der Waals surface area contributed by atoms with Crippen molar-refractivity contribution in [1.82, 2.24) is 19.8 Å². The summed E-state index contributed by atoms with van der Waals surface area (Å²) >= 11 is 0. The lowest BCUT2D eigenvalue weighted by atomic mass is 9.87. The summed E-state index contributed by atoms with van der Waals surface area (Å²) < 4.78 is 10.6. The third kappa shape index (κ3) is 3.31. The molecule has 4 amide bonds. The van der Waals surface area contributed by atoms with Crippen molar-refractivity contribution < 1.29 is 29.0 Å². The van der Waals surface area contributed by atoms with Crippen LogP contribution in [0.25, 0.3) is 43.6 Å². The molecule has 0 radical (unpaired) electrons. The van der Waals surface area contributed by atoms with E-state index >= 15 is 0 Å². The standard InChI is InChI=1S/C36H27N5O6/c1-3-24(42)38-21-13-7-4-10-18(21)17-37-34(45)36(46)16-25-40-22-14-8-5-11-19(22)26-28-29(33(44)39-32(28)43)27-20-12-6-9-15-23(20)41(31(27)30(26)40)35(36,2)47-25/h3-15,25,46H,1,16-17H2,2H3,(H,37,45)(H,38,42)(H,39,43,44)/t25?,35-,36-/m0/s1. The summed E-state index contributed by atoms with van der Waals surface area (Å²) in [5.74, 6) is -2.02. The van der Waals surface area contributed by atoms with E-state index in [0.29, 0.717) is 49.5 Å². The molecular formula is C36H27N5O6. The van der Waals surface area contributed by atoms with Gasteiger partial charge in [-0.1, -0.05) is 61.2 Å². The Balaban J connectivity index is 1.30. The first-order valence-electron chi connectivity index (χ1n) is 15.3. The van der Waals surface area contributed by atoms with Gasteiger partial charge in [0.15, 0.2) is 11.3 Å². The van der Waals surface area contributed by atoms with Crippen LogP contribution in [-0.2, 0) is 26.6 Å². The minimum Gasteiger partial charge on any atom is -0.376 e. The minimum atomic E-state index is -2.10. The predicted octanol–water partition coefficient (Wildman–Crippen LogP) is 4.56. The molecule has 9 rings (SSSR count). The Morgan fingerprint density at radius 1 is 0.957 bits per heavy atom. The van der Waals surface area contributed by atoms with Crippen LogP contribution < -0.4 is 16.0 Å². The molecule has 11 heteroatoms. The number of aliphatic hydroxyl groups is 1. The van der Waals surface area contributed by atoms with E-state index in [2.05, 4.69) is 22.5 Å². The first kappa shape index (κ1) is 27.5. The van der Waals surface area contributed by atoms with Crippen LogP contribution in [0.15, 0.2) is 85.5 Å². The van der Waals surface area contributed by atoms with Gasteiger partial charge in [0.25, 0.3) is 17.7 Å². The number of aromatic nitrogens is 2. The highest BCUT2D eigenvalue weighted by atomic mass is 16.6. The van der Waals surface area contributed by atoms with Gasteiger partial charge in [-0.2, -0.15) is 0 Å². The molecule has 0 spiro atoms. The normalized spacial score (nSPS) is 22.6. The van der Waals surface area contributed by atoms with Crippen LogP contribution in [0.2, 0.25) is 0 Å². The van der Waals surface area contributed by atoms with Crippen LogP contribution >= 0.6 is 0 Å². The number of hydrogen-bond acceptors (Lipinski definition) is 6. The molecule has 3 aliphatic rings. The first-order valence-corrected chi connectivity index (χ1v) is 15.3. The van der Waals surface area contributed by atoms with Crippen molar-refractivity contribution in [3.8, 4) is 0 Å². The van der Waals surface area contributed by atoms with Gasteiger partial charge in [0.05, 0.1) is 33.2 Å². The average Bonchev–Trinajstić information content (AvgIpc) is 3.74. The molecule has 11 nitrogen and oxygen atoms in total. The summed E-state index contributed by atoms with van der Waals surface area (Å²) in [4.78, 5) is 53.3. The maximum atomic E-state index is 14.3. The highest BCUT2D eigenvalue weighted by Gasteiger charge is 2.65. The molecule has 232 valence electrons. The van der Waals surface area contributed by atoms with E-state index in [-0.39, 0.29) is 18.5 Å². The number of benzene rings is 4. The van der Waals surface area contributed by atoms with E-state index in [1.54, 1.807) is 31.2 Å². The SMILES string of the molecule is C=CC(=O)Nc1ccccc1CNC(=O)[C@@]1(O)CC2O[C@]1(C)n1c3ccccc3c3c4c(c5c6ccccc6n2c5c31)C(=O)NC4=O. The molecule has 2 aromatic heterocycles. The lowest BCUT2D eigenvalue weighted by molar-refractivity contribution is -0.187. The molecule has 1 fully saturated rings. The summed E-state index contributed by atoms with van der Waals surface area (Å²) in [6.45, 7) is 5.21. The van der Waals surface area contributed by atoms with E-state index < -0.39 is 41.2 Å². The highest BCUT2D eigenvalue weighted by Crippen LogP contribution is 2.57. The molecule has 3 aliphatic heterocycles. The Hall–Kier alpha value is -5.78. The number of carbonyl (C=O) groups excluding carboxylic acids is 4. The fraction of sp³-hybridized carbons (Fsp3) is 0.167. The quantitative estimate of drug-likeness (QED) is 0.163. The van der Waals surface area contributed by atoms with Gasteiger partial charge in [0.1, 0.15) is 6.23 Å². The number of nitrogens with one attached hydrogen (secondary N) is 3. The third-order valence-corrected chi connectivity index (χ3v) is 10.0. The maximum Gasteiger partial charge on any atom is 0.259 e. The van der Waals surface area contributed by atoms with Gasteiger partial charge in [-0.05, 0) is 36.8 Å². The van der Waals surface area contributed by atoms with Crippen LogP contribution in [0.4, 0.5) is 5.69 Å². The van der Waals surface area contributed by atoms with E-state index in [4.69, 9.17) is 4.74 Å². The van der Waals surface area contributed by atoms with Gasteiger partial charge in [-0.3, -0.25) is 24.5 Å². The van der Waals surface area contributed by atoms with Gasteiger partial charge in [-0.25, -0.2) is 0 Å². The smallest absolute Gasteiger partial charge is 0.259 e. The van der Waals surface area contributed by atoms with Crippen LogP contribution in [0.5, 0.6) is 0 Å². The van der Waals surface area contributed by atoms with E-state index in [1.165, 1.54) is 0 Å². The molecule has 3 atom stereocenters. The summed E-state index contributed by atoms with van der Waals surface area (Å²) in [6.07, 6.45) is 0.250. The van der Waals surface area contributed by atoms with Gasteiger partial charge >= 0.3 is 0 Å². The molecule has 47 heavy (non-hydrogen) atoms. The van der Waals surface area contributed by atoms with Crippen LogP contribution in [0, 0.1) is 0 Å². The molecule has 1 saturated heterocycles. The lowest BCUT2D eigenvalue weighted by Gasteiger charge is -2.38. The third-order valence-electron chi connectivity index (χ3n) is 10.0. The molecule has 0 saturated carbocycles. The zero-order valence-electron chi connectivity index (χ0n) is 25.1. The topological polar surface area (TPSA) is 144 Å². The average molecular weight is 626 g/mol. The Morgan fingerprint density at radius 3 is 2.30 bits per heavy atom. The maximum absolute atomic E-state index is 14.3. The van der Waals surface area contributed by atoms with E-state index in [9.17, 15) is 24.3 Å². The molecule has 0 aliphatic carbocycles. The zero-order chi connectivity index (χ0) is 32.4. The second-order valence-electron chi connectivity index (χ2n) is 12.4. The van der Waals surface area contributed by atoms with Crippen molar-refractivity contribution in [2.45, 2.75) is 37.4 Å². The highest BCUT2D eigenvalue weighted by molar-refractivity contribution is 6.39. The Kier molecular flexibility index (Phi) is 5.36. The molecule has 1 unspecified atom stereocenters. The molecule has 4 N–H and O–H groups in total. The number of rotatable bonds is 5.